The number of benzene rings is 2. The van der Waals surface area contributed by atoms with Crippen molar-refractivity contribution in [3.63, 3.8) is 0 Å². The third kappa shape index (κ3) is 7.94. The number of hydrogen-bond acceptors (Lipinski definition) is 10. The Morgan fingerprint density at radius 2 is 1.03 bits per heavy atom. The molecule has 4 N–H and O–H groups in total. The summed E-state index contributed by atoms with van der Waals surface area (Å²) in [6, 6.07) is 18.2. The van der Waals surface area contributed by atoms with Crippen LogP contribution in [0.1, 0.15) is 36.1 Å². The summed E-state index contributed by atoms with van der Waals surface area (Å²) in [5, 5.41) is 19.9. The molecule has 196 valence electrons. The van der Waals surface area contributed by atoms with Crippen LogP contribution in [-0.4, -0.2) is 25.2 Å². The van der Waals surface area contributed by atoms with Crippen molar-refractivity contribution in [3.05, 3.63) is 90.4 Å². The van der Waals surface area contributed by atoms with E-state index in [-0.39, 0.29) is 44.2 Å². The highest BCUT2D eigenvalue weighted by Crippen LogP contribution is 2.39. The quantitative estimate of drug-likeness (QED) is 0.233. The maximum Gasteiger partial charge on any atom is 0.347 e. The van der Waals surface area contributed by atoms with E-state index in [0.29, 0.717) is 34.7 Å². The average Bonchev–Trinajstić information content (AvgIpc) is 2.91. The Morgan fingerprint density at radius 3 is 1.29 bits per heavy atom. The predicted octanol–water partition coefficient (Wildman–Crippen LogP) is 5.11. The molecule has 0 aliphatic rings. The van der Waals surface area contributed by atoms with Crippen molar-refractivity contribution < 1.29 is 19.1 Å². The van der Waals surface area contributed by atoms with Gasteiger partial charge in [-0.3, -0.25) is 0 Å². The Morgan fingerprint density at radius 1 is 0.711 bits per heavy atom. The van der Waals surface area contributed by atoms with Crippen LogP contribution in [-0.2, 0) is 19.1 Å². The topological polar surface area (TPSA) is 152 Å². The van der Waals surface area contributed by atoms with Crippen molar-refractivity contribution in [1.82, 2.24) is 0 Å². The van der Waals surface area contributed by atoms with Crippen LogP contribution < -0.4 is 11.5 Å². The van der Waals surface area contributed by atoms with Gasteiger partial charge in [0.2, 0.25) is 0 Å². The van der Waals surface area contributed by atoms with Crippen molar-refractivity contribution in [2.75, 3.05) is 13.2 Å². The number of rotatable bonds is 10. The van der Waals surface area contributed by atoms with Crippen LogP contribution in [0, 0.1) is 36.5 Å². The van der Waals surface area contributed by atoms with Crippen LogP contribution in [0.5, 0.6) is 0 Å². The summed E-state index contributed by atoms with van der Waals surface area (Å²) in [4.78, 5) is 25.2. The fourth-order valence-electron chi connectivity index (χ4n) is 2.98. The standard InChI is InChI=1S/C28H28N4O4S2/c1-5-35-27(33)25(23(31)19-11-7-17(3)8-12-19)37-21(15-29)22(16-30)38-26(28(34)36-6-2)24(32)20-13-9-18(4)10-14-20/h7-14H,5-6,31-32H2,1-4H3/b22-21-,25-23+,26-24+. The molecule has 0 heterocycles. The number of ether oxygens (including phenoxy) is 2. The number of esters is 2. The molecule has 0 amide bonds. The summed E-state index contributed by atoms with van der Waals surface area (Å²) < 4.78 is 10.3. The van der Waals surface area contributed by atoms with E-state index in [9.17, 15) is 20.1 Å². The van der Waals surface area contributed by atoms with E-state index in [1.807, 2.05) is 50.3 Å². The summed E-state index contributed by atoms with van der Waals surface area (Å²) in [5.41, 5.74) is 15.9. The van der Waals surface area contributed by atoms with E-state index in [4.69, 9.17) is 20.9 Å². The van der Waals surface area contributed by atoms with E-state index in [0.717, 1.165) is 11.1 Å². The Kier molecular flexibility index (Phi) is 11.5. The maximum absolute atomic E-state index is 12.8. The van der Waals surface area contributed by atoms with Gasteiger partial charge in [-0.25, -0.2) is 9.59 Å². The van der Waals surface area contributed by atoms with Gasteiger partial charge in [-0.05, 0) is 38.8 Å². The first-order valence-corrected chi connectivity index (χ1v) is 13.2. The third-order valence-corrected chi connectivity index (χ3v) is 7.26. The highest BCUT2D eigenvalue weighted by atomic mass is 32.2. The Labute approximate surface area is 231 Å². The van der Waals surface area contributed by atoms with E-state index < -0.39 is 11.9 Å². The summed E-state index contributed by atoms with van der Waals surface area (Å²) >= 11 is 1.39. The molecule has 38 heavy (non-hydrogen) atoms. The summed E-state index contributed by atoms with van der Waals surface area (Å²) in [5.74, 6) is -1.49. The fraction of sp³-hybridized carbons (Fsp3) is 0.214. The zero-order valence-corrected chi connectivity index (χ0v) is 23.2. The van der Waals surface area contributed by atoms with E-state index in [1.54, 1.807) is 38.1 Å². The second-order valence-corrected chi connectivity index (χ2v) is 9.79. The van der Waals surface area contributed by atoms with E-state index >= 15 is 0 Å². The highest BCUT2D eigenvalue weighted by molar-refractivity contribution is 8.11. The second-order valence-electron chi connectivity index (χ2n) is 7.74. The molecule has 0 radical (unpaired) electrons. The smallest absolute Gasteiger partial charge is 0.347 e. The minimum Gasteiger partial charge on any atom is -0.462 e. The lowest BCUT2D eigenvalue weighted by molar-refractivity contribution is -0.138. The van der Waals surface area contributed by atoms with Crippen molar-refractivity contribution in [1.29, 1.82) is 10.5 Å². The Bertz CT molecular complexity index is 1260. The number of nitriles is 2. The Balaban J connectivity index is 2.64. The van der Waals surface area contributed by atoms with Gasteiger partial charge in [0, 0.05) is 0 Å². The number of allylic oxidation sites excluding steroid dienone is 2. The van der Waals surface area contributed by atoms with Crippen LogP contribution in [0.25, 0.3) is 11.4 Å². The van der Waals surface area contributed by atoms with Gasteiger partial charge in [-0.2, -0.15) is 10.5 Å². The molecule has 0 unspecified atom stereocenters. The molecule has 0 aliphatic heterocycles. The first-order valence-electron chi connectivity index (χ1n) is 11.5. The number of thioether (sulfide) groups is 2. The molecule has 0 spiro atoms. The van der Waals surface area contributed by atoms with Gasteiger partial charge in [0.25, 0.3) is 0 Å². The summed E-state index contributed by atoms with van der Waals surface area (Å²) in [7, 11) is 0. The molecule has 0 aliphatic carbocycles. The maximum atomic E-state index is 12.8. The molecule has 0 fully saturated rings. The van der Waals surface area contributed by atoms with Gasteiger partial charge in [-0.15, -0.1) is 0 Å². The molecule has 0 saturated carbocycles. The van der Waals surface area contributed by atoms with E-state index in [1.165, 1.54) is 0 Å². The molecule has 0 bridgehead atoms. The normalized spacial score (nSPS) is 12.7. The van der Waals surface area contributed by atoms with Crippen molar-refractivity contribution in [2.45, 2.75) is 27.7 Å². The van der Waals surface area contributed by atoms with E-state index in [2.05, 4.69) is 0 Å². The van der Waals surface area contributed by atoms with Crippen molar-refractivity contribution in [3.8, 4) is 12.1 Å². The molecule has 2 aromatic rings. The minimum atomic E-state index is -0.744. The lowest BCUT2D eigenvalue weighted by Gasteiger charge is -2.13. The number of nitrogens with zero attached hydrogens (tertiary/aromatic N) is 2. The molecule has 10 heteroatoms. The van der Waals surface area contributed by atoms with Crippen LogP contribution in [0.2, 0.25) is 0 Å². The third-order valence-electron chi connectivity index (χ3n) is 4.95. The lowest BCUT2D eigenvalue weighted by Crippen LogP contribution is -2.13. The first kappa shape index (κ1) is 30.1. The van der Waals surface area contributed by atoms with Gasteiger partial charge >= 0.3 is 11.9 Å². The largest absolute Gasteiger partial charge is 0.462 e. The first-order chi connectivity index (χ1) is 18.2. The van der Waals surface area contributed by atoms with Crippen LogP contribution in [0.3, 0.4) is 0 Å². The van der Waals surface area contributed by atoms with Gasteiger partial charge in [-0.1, -0.05) is 83.2 Å². The predicted molar refractivity (Wildman–Crippen MR) is 151 cm³/mol. The summed E-state index contributed by atoms with van der Waals surface area (Å²) in [6.07, 6.45) is 0. The minimum absolute atomic E-state index is 0.0613. The molecular weight excluding hydrogens is 520 g/mol. The van der Waals surface area contributed by atoms with Crippen molar-refractivity contribution >= 4 is 46.9 Å². The van der Waals surface area contributed by atoms with Crippen LogP contribution in [0.4, 0.5) is 0 Å². The monoisotopic (exact) mass is 548 g/mol. The van der Waals surface area contributed by atoms with Gasteiger partial charge in [0.1, 0.15) is 31.8 Å². The van der Waals surface area contributed by atoms with Gasteiger partial charge < -0.3 is 20.9 Å². The highest BCUT2D eigenvalue weighted by Gasteiger charge is 2.25. The number of nitrogens with two attached hydrogens (primary N) is 2. The number of hydrogen-bond donors (Lipinski definition) is 2. The summed E-state index contributed by atoms with van der Waals surface area (Å²) in [6.45, 7) is 7.27. The van der Waals surface area contributed by atoms with Crippen LogP contribution >= 0.6 is 23.5 Å². The molecule has 8 nitrogen and oxygen atoms in total. The molecule has 0 aromatic heterocycles. The molecule has 0 atom stereocenters. The Hall–Kier alpha value is -4.12. The van der Waals surface area contributed by atoms with Gasteiger partial charge in [0.15, 0.2) is 0 Å². The molecule has 2 rings (SSSR count). The van der Waals surface area contributed by atoms with Gasteiger partial charge in [0.05, 0.1) is 24.6 Å². The SMILES string of the molecule is CCOC(=O)/C(S/C(C#N)=C(/C#N)S/C(C(=O)OCC)=C(/N)c1ccc(C)cc1)=C(\N)c1ccc(C)cc1. The second kappa shape index (κ2) is 14.6. The number of carbonyl (C=O) groups is 2. The van der Waals surface area contributed by atoms with Crippen molar-refractivity contribution in [2.24, 2.45) is 11.5 Å². The molecule has 2 aromatic carbocycles. The zero-order valence-electron chi connectivity index (χ0n) is 21.5. The number of aryl methyl sites for hydroxylation is 2. The number of carbonyl (C=O) groups excluding carboxylic acids is 2. The fourth-order valence-corrected chi connectivity index (χ4v) is 4.75. The zero-order chi connectivity index (χ0) is 28.2. The average molecular weight is 549 g/mol. The lowest BCUT2D eigenvalue weighted by atomic mass is 10.1. The molecule has 0 saturated heterocycles. The molecular formula is C28H28N4O4S2. The van der Waals surface area contributed by atoms with Crippen LogP contribution in [0.15, 0.2) is 68.2 Å².